The molecule has 0 bridgehead atoms. The average molecular weight is 359 g/mol. The lowest BCUT2D eigenvalue weighted by Gasteiger charge is -2.14. The second-order valence-electron chi connectivity index (χ2n) is 6.11. The Hall–Kier alpha value is -2.24. The summed E-state index contributed by atoms with van der Waals surface area (Å²) in [4.78, 5) is 0. The van der Waals surface area contributed by atoms with Crippen molar-refractivity contribution in [3.8, 4) is 17.2 Å². The van der Waals surface area contributed by atoms with E-state index in [-0.39, 0.29) is 6.61 Å². The Morgan fingerprint density at radius 1 is 1.00 bits per heavy atom. The van der Waals surface area contributed by atoms with Gasteiger partial charge in [0, 0.05) is 6.54 Å². The summed E-state index contributed by atoms with van der Waals surface area (Å²) in [6, 6.07) is 13.9. The second-order valence-corrected chi connectivity index (χ2v) is 6.11. The van der Waals surface area contributed by atoms with E-state index in [4.69, 9.17) is 14.2 Å². The summed E-state index contributed by atoms with van der Waals surface area (Å²) in [5.41, 5.74) is 2.38. The van der Waals surface area contributed by atoms with E-state index in [1.165, 1.54) is 5.56 Å². The minimum Gasteiger partial charge on any atom is -0.493 e. The van der Waals surface area contributed by atoms with Gasteiger partial charge in [-0.05, 0) is 54.8 Å². The molecule has 0 saturated heterocycles. The number of aliphatic hydroxyl groups is 1. The number of methoxy groups -OCH3 is 2. The number of hydrogen-bond acceptors (Lipinski definition) is 5. The van der Waals surface area contributed by atoms with Gasteiger partial charge in [0.1, 0.15) is 18.5 Å². The molecule has 0 fully saturated rings. The van der Waals surface area contributed by atoms with Crippen molar-refractivity contribution in [2.24, 2.45) is 0 Å². The van der Waals surface area contributed by atoms with Crippen LogP contribution in [0.25, 0.3) is 0 Å². The standard InChI is InChI=1S/C21H29NO4/c1-4-16-6-5-7-19(12-16)26-15-18(23)14-22-11-10-17-8-9-20(24-2)21(13-17)25-3/h5-9,12-13,18,22-23H,4,10-11,14-15H2,1-3H3/t18-/m0/s1. The molecule has 0 aliphatic heterocycles. The molecule has 2 aromatic rings. The SMILES string of the molecule is CCc1cccc(OC[C@@H](O)CNCCc2ccc(OC)c(OC)c2)c1. The molecular weight excluding hydrogens is 330 g/mol. The Morgan fingerprint density at radius 3 is 2.54 bits per heavy atom. The second kappa shape index (κ2) is 10.7. The average Bonchev–Trinajstić information content (AvgIpc) is 2.69. The molecular formula is C21H29NO4. The van der Waals surface area contributed by atoms with Crippen molar-refractivity contribution in [3.05, 3.63) is 53.6 Å². The Labute approximate surface area is 155 Å². The number of aliphatic hydroxyl groups excluding tert-OH is 1. The van der Waals surface area contributed by atoms with Gasteiger partial charge in [-0.25, -0.2) is 0 Å². The number of aryl methyl sites for hydroxylation is 1. The van der Waals surface area contributed by atoms with Crippen LogP contribution in [0.1, 0.15) is 18.1 Å². The highest BCUT2D eigenvalue weighted by atomic mass is 16.5. The normalized spacial score (nSPS) is 11.8. The van der Waals surface area contributed by atoms with E-state index in [0.29, 0.717) is 6.54 Å². The van der Waals surface area contributed by atoms with E-state index in [2.05, 4.69) is 18.3 Å². The first kappa shape index (κ1) is 20.1. The number of ether oxygens (including phenoxy) is 3. The van der Waals surface area contributed by atoms with Crippen molar-refractivity contribution in [1.29, 1.82) is 0 Å². The molecule has 0 aliphatic rings. The van der Waals surface area contributed by atoms with Gasteiger partial charge in [-0.15, -0.1) is 0 Å². The molecule has 0 radical (unpaired) electrons. The molecule has 0 heterocycles. The van der Waals surface area contributed by atoms with Crippen LogP contribution in [0.2, 0.25) is 0 Å². The first-order valence-electron chi connectivity index (χ1n) is 8.97. The third-order valence-electron chi connectivity index (χ3n) is 4.17. The molecule has 2 N–H and O–H groups in total. The van der Waals surface area contributed by atoms with Gasteiger partial charge in [-0.2, -0.15) is 0 Å². The molecule has 2 aromatic carbocycles. The van der Waals surface area contributed by atoms with Gasteiger partial charge in [-0.3, -0.25) is 0 Å². The Balaban J connectivity index is 1.69. The molecule has 0 spiro atoms. The van der Waals surface area contributed by atoms with Crippen LogP contribution in [-0.4, -0.2) is 45.1 Å². The van der Waals surface area contributed by atoms with E-state index < -0.39 is 6.10 Å². The lowest BCUT2D eigenvalue weighted by molar-refractivity contribution is 0.106. The van der Waals surface area contributed by atoms with Gasteiger partial charge in [0.15, 0.2) is 11.5 Å². The zero-order valence-corrected chi connectivity index (χ0v) is 15.8. The number of nitrogens with one attached hydrogen (secondary N) is 1. The topological polar surface area (TPSA) is 60.0 Å². The summed E-state index contributed by atoms with van der Waals surface area (Å²) in [6.07, 6.45) is 1.26. The Bertz CT molecular complexity index is 675. The van der Waals surface area contributed by atoms with Crippen molar-refractivity contribution in [2.45, 2.75) is 25.9 Å². The van der Waals surface area contributed by atoms with Gasteiger partial charge >= 0.3 is 0 Å². The van der Waals surface area contributed by atoms with Crippen molar-refractivity contribution in [3.63, 3.8) is 0 Å². The lowest BCUT2D eigenvalue weighted by Crippen LogP contribution is -2.32. The minimum absolute atomic E-state index is 0.274. The van der Waals surface area contributed by atoms with Crippen LogP contribution in [-0.2, 0) is 12.8 Å². The molecule has 2 rings (SSSR count). The molecule has 5 nitrogen and oxygen atoms in total. The Morgan fingerprint density at radius 2 is 1.81 bits per heavy atom. The van der Waals surface area contributed by atoms with Crippen molar-refractivity contribution in [1.82, 2.24) is 5.32 Å². The van der Waals surface area contributed by atoms with E-state index in [0.717, 1.165) is 42.2 Å². The largest absolute Gasteiger partial charge is 0.493 e. The predicted molar refractivity (Wildman–Crippen MR) is 103 cm³/mol. The fraction of sp³-hybridized carbons (Fsp3) is 0.429. The van der Waals surface area contributed by atoms with Crippen molar-refractivity contribution < 1.29 is 19.3 Å². The fourth-order valence-corrected chi connectivity index (χ4v) is 2.64. The van der Waals surface area contributed by atoms with Gasteiger partial charge in [0.25, 0.3) is 0 Å². The molecule has 5 heteroatoms. The maximum Gasteiger partial charge on any atom is 0.160 e. The highest BCUT2D eigenvalue weighted by Crippen LogP contribution is 2.27. The van der Waals surface area contributed by atoms with E-state index in [9.17, 15) is 5.11 Å². The summed E-state index contributed by atoms with van der Waals surface area (Å²) < 4.78 is 16.2. The van der Waals surface area contributed by atoms with E-state index in [1.54, 1.807) is 14.2 Å². The van der Waals surface area contributed by atoms with Crippen LogP contribution in [0.15, 0.2) is 42.5 Å². The molecule has 26 heavy (non-hydrogen) atoms. The maximum atomic E-state index is 10.1. The molecule has 0 aliphatic carbocycles. The highest BCUT2D eigenvalue weighted by Gasteiger charge is 2.07. The van der Waals surface area contributed by atoms with Crippen LogP contribution < -0.4 is 19.5 Å². The zero-order chi connectivity index (χ0) is 18.8. The maximum absolute atomic E-state index is 10.1. The lowest BCUT2D eigenvalue weighted by atomic mass is 10.1. The summed E-state index contributed by atoms with van der Waals surface area (Å²) >= 11 is 0. The van der Waals surface area contributed by atoms with Crippen LogP contribution >= 0.6 is 0 Å². The third kappa shape index (κ3) is 6.24. The van der Waals surface area contributed by atoms with Crippen LogP contribution in [0.5, 0.6) is 17.2 Å². The Kier molecular flexibility index (Phi) is 8.25. The van der Waals surface area contributed by atoms with Gasteiger partial charge < -0.3 is 24.6 Å². The van der Waals surface area contributed by atoms with Crippen LogP contribution in [0, 0.1) is 0 Å². The summed E-state index contributed by atoms with van der Waals surface area (Å²) in [5.74, 6) is 2.25. The number of rotatable bonds is 11. The van der Waals surface area contributed by atoms with Crippen LogP contribution in [0.3, 0.4) is 0 Å². The molecule has 142 valence electrons. The van der Waals surface area contributed by atoms with Gasteiger partial charge in [0.2, 0.25) is 0 Å². The predicted octanol–water partition coefficient (Wildman–Crippen LogP) is 2.84. The zero-order valence-electron chi connectivity index (χ0n) is 15.8. The van der Waals surface area contributed by atoms with Gasteiger partial charge in [0.05, 0.1) is 14.2 Å². The first-order chi connectivity index (χ1) is 12.7. The highest BCUT2D eigenvalue weighted by molar-refractivity contribution is 5.42. The summed E-state index contributed by atoms with van der Waals surface area (Å²) in [7, 11) is 3.26. The summed E-state index contributed by atoms with van der Waals surface area (Å²) in [6.45, 7) is 3.63. The fourth-order valence-electron chi connectivity index (χ4n) is 2.64. The number of hydrogen-bond donors (Lipinski definition) is 2. The quantitative estimate of drug-likeness (QED) is 0.604. The molecule has 0 unspecified atom stereocenters. The number of benzene rings is 2. The monoisotopic (exact) mass is 359 g/mol. The van der Waals surface area contributed by atoms with E-state index >= 15 is 0 Å². The van der Waals surface area contributed by atoms with Crippen LogP contribution in [0.4, 0.5) is 0 Å². The molecule has 0 amide bonds. The molecule has 1 atom stereocenters. The molecule has 0 saturated carbocycles. The third-order valence-corrected chi connectivity index (χ3v) is 4.17. The summed E-state index contributed by atoms with van der Waals surface area (Å²) in [5, 5.41) is 13.3. The van der Waals surface area contributed by atoms with Gasteiger partial charge in [-0.1, -0.05) is 25.1 Å². The van der Waals surface area contributed by atoms with Crippen molar-refractivity contribution in [2.75, 3.05) is 33.9 Å². The minimum atomic E-state index is -0.550. The van der Waals surface area contributed by atoms with E-state index in [1.807, 2.05) is 36.4 Å². The van der Waals surface area contributed by atoms with Crippen molar-refractivity contribution >= 4 is 0 Å². The molecule has 0 aromatic heterocycles. The first-order valence-corrected chi connectivity index (χ1v) is 8.97. The smallest absolute Gasteiger partial charge is 0.160 e.